The van der Waals surface area contributed by atoms with Crippen LogP contribution in [-0.4, -0.2) is 20.4 Å². The number of carbonyl (C=O) groups is 1. The van der Waals surface area contributed by atoms with E-state index in [1.807, 2.05) is 67.6 Å². The summed E-state index contributed by atoms with van der Waals surface area (Å²) >= 11 is 6.07. The van der Waals surface area contributed by atoms with Gasteiger partial charge in [-0.1, -0.05) is 53.6 Å². The number of carbonyl (C=O) groups excluding carboxylic acids is 1. The summed E-state index contributed by atoms with van der Waals surface area (Å²) in [5.41, 5.74) is 12.1. The first-order chi connectivity index (χ1) is 15.5. The van der Waals surface area contributed by atoms with E-state index in [1.165, 1.54) is 0 Å². The normalized spacial score (nSPS) is 11.2. The lowest BCUT2D eigenvalue weighted by Gasteiger charge is -2.08. The Morgan fingerprint density at radius 3 is 2.31 bits per heavy atom. The average molecular weight is 442 g/mol. The predicted octanol–water partition coefficient (Wildman–Crippen LogP) is 5.05. The second kappa shape index (κ2) is 7.98. The van der Waals surface area contributed by atoms with Crippen LogP contribution in [0.2, 0.25) is 5.02 Å². The molecule has 5 aromatic rings. The molecular formula is C25H20ClN5O. The van der Waals surface area contributed by atoms with Crippen molar-refractivity contribution in [3.63, 3.8) is 0 Å². The van der Waals surface area contributed by atoms with Crippen LogP contribution in [0.25, 0.3) is 27.9 Å². The Labute approximate surface area is 189 Å². The molecule has 0 aliphatic rings. The lowest BCUT2D eigenvalue weighted by Crippen LogP contribution is -2.24. The molecule has 2 heterocycles. The van der Waals surface area contributed by atoms with E-state index in [1.54, 1.807) is 16.7 Å². The zero-order valence-electron chi connectivity index (χ0n) is 17.3. The number of fused-ring (bicyclic) bond motifs is 2. The Morgan fingerprint density at radius 1 is 0.969 bits per heavy atom. The van der Waals surface area contributed by atoms with Crippen molar-refractivity contribution in [2.45, 2.75) is 13.5 Å². The van der Waals surface area contributed by atoms with Crippen LogP contribution in [0.1, 0.15) is 21.5 Å². The van der Waals surface area contributed by atoms with Crippen molar-refractivity contribution in [3.8, 4) is 5.69 Å². The summed E-state index contributed by atoms with van der Waals surface area (Å²) in [6.07, 6.45) is 0. The third kappa shape index (κ3) is 3.55. The fourth-order valence-corrected chi connectivity index (χ4v) is 3.84. The van der Waals surface area contributed by atoms with Crippen molar-refractivity contribution in [3.05, 3.63) is 94.5 Å². The highest BCUT2D eigenvalue weighted by Gasteiger charge is 2.24. The molecule has 6 nitrogen and oxygen atoms in total. The van der Waals surface area contributed by atoms with Crippen molar-refractivity contribution in [1.29, 1.82) is 0 Å². The molecule has 0 saturated heterocycles. The molecule has 0 aliphatic heterocycles. The molecular weight excluding hydrogens is 422 g/mol. The maximum absolute atomic E-state index is 13.3. The summed E-state index contributed by atoms with van der Waals surface area (Å²) in [5.74, 6) is -0.0237. The van der Waals surface area contributed by atoms with E-state index in [9.17, 15) is 4.79 Å². The SMILES string of the molecule is Cc1ccc(CNC(=O)c2c(N)n(-c3ccc(Cl)cc3)c3nc4ccccc4nc23)cc1. The number of nitrogens with one attached hydrogen (secondary N) is 1. The quantitative estimate of drug-likeness (QED) is 0.408. The zero-order chi connectivity index (χ0) is 22.2. The van der Waals surface area contributed by atoms with Gasteiger partial charge in [-0.05, 0) is 48.9 Å². The Bertz CT molecular complexity index is 1460. The Balaban J connectivity index is 1.64. The van der Waals surface area contributed by atoms with Crippen LogP contribution >= 0.6 is 11.6 Å². The molecule has 158 valence electrons. The minimum absolute atomic E-state index is 0.277. The molecule has 3 aromatic carbocycles. The Morgan fingerprint density at radius 2 is 1.62 bits per heavy atom. The van der Waals surface area contributed by atoms with Crippen LogP contribution < -0.4 is 11.1 Å². The number of nitrogens with zero attached hydrogens (tertiary/aromatic N) is 3. The van der Waals surface area contributed by atoms with Crippen LogP contribution in [0, 0.1) is 6.92 Å². The van der Waals surface area contributed by atoms with Gasteiger partial charge in [-0.25, -0.2) is 9.97 Å². The number of amides is 1. The Kier molecular flexibility index (Phi) is 4.99. The number of nitrogen functional groups attached to an aromatic ring is 1. The van der Waals surface area contributed by atoms with Gasteiger partial charge < -0.3 is 11.1 Å². The number of hydrogen-bond donors (Lipinski definition) is 2. The number of hydrogen-bond acceptors (Lipinski definition) is 4. The van der Waals surface area contributed by atoms with Crippen molar-refractivity contribution in [1.82, 2.24) is 19.9 Å². The standard InChI is InChI=1S/C25H20ClN5O/c1-15-6-8-16(9-7-15)14-28-25(32)21-22-24(30-20-5-3-2-4-19(20)29-22)31(23(21)27)18-12-10-17(26)11-13-18/h2-13H,14,27H2,1H3,(H,28,32). The number of nitrogens with two attached hydrogens (primary N) is 1. The molecule has 0 aliphatic carbocycles. The molecule has 5 rings (SSSR count). The molecule has 0 atom stereocenters. The second-order valence-electron chi connectivity index (χ2n) is 7.62. The van der Waals surface area contributed by atoms with Crippen LogP contribution in [0.15, 0.2) is 72.8 Å². The largest absolute Gasteiger partial charge is 0.384 e. The highest BCUT2D eigenvalue weighted by molar-refractivity contribution is 6.30. The van der Waals surface area contributed by atoms with Gasteiger partial charge in [0.1, 0.15) is 16.9 Å². The van der Waals surface area contributed by atoms with E-state index in [2.05, 4.69) is 5.32 Å². The minimum atomic E-state index is -0.301. The van der Waals surface area contributed by atoms with E-state index in [0.717, 1.165) is 22.3 Å². The summed E-state index contributed by atoms with van der Waals surface area (Å²) < 4.78 is 1.74. The zero-order valence-corrected chi connectivity index (χ0v) is 18.1. The molecule has 0 unspecified atom stereocenters. The van der Waals surface area contributed by atoms with Crippen LogP contribution in [0.5, 0.6) is 0 Å². The monoisotopic (exact) mass is 441 g/mol. The number of benzene rings is 3. The van der Waals surface area contributed by atoms with Crippen molar-refractivity contribution in [2.75, 3.05) is 5.73 Å². The number of aryl methyl sites for hydroxylation is 1. The molecule has 0 fully saturated rings. The summed E-state index contributed by atoms with van der Waals surface area (Å²) in [5, 5.41) is 3.58. The lowest BCUT2D eigenvalue weighted by molar-refractivity contribution is 0.0953. The number of aromatic nitrogens is 3. The first-order valence-electron chi connectivity index (χ1n) is 10.2. The van der Waals surface area contributed by atoms with Crippen molar-refractivity contribution in [2.24, 2.45) is 0 Å². The minimum Gasteiger partial charge on any atom is -0.384 e. The molecule has 0 saturated carbocycles. The fraction of sp³-hybridized carbons (Fsp3) is 0.0800. The van der Waals surface area contributed by atoms with E-state index in [0.29, 0.717) is 33.8 Å². The van der Waals surface area contributed by atoms with Gasteiger partial charge >= 0.3 is 0 Å². The summed E-state index contributed by atoms with van der Waals surface area (Å²) in [6.45, 7) is 2.41. The number of rotatable bonds is 4. The van der Waals surface area contributed by atoms with Gasteiger partial charge in [0, 0.05) is 17.3 Å². The number of para-hydroxylation sites is 2. The summed E-state index contributed by atoms with van der Waals surface area (Å²) in [4.78, 5) is 22.8. The molecule has 0 radical (unpaired) electrons. The van der Waals surface area contributed by atoms with Crippen LogP contribution in [0.3, 0.4) is 0 Å². The van der Waals surface area contributed by atoms with Gasteiger partial charge in [-0.15, -0.1) is 0 Å². The van der Waals surface area contributed by atoms with Gasteiger partial charge in [0.05, 0.1) is 11.0 Å². The molecule has 0 spiro atoms. The highest BCUT2D eigenvalue weighted by atomic mass is 35.5. The number of halogens is 1. The molecule has 3 N–H and O–H groups in total. The maximum Gasteiger partial charge on any atom is 0.257 e. The van der Waals surface area contributed by atoms with Crippen molar-refractivity contribution < 1.29 is 4.79 Å². The number of anilines is 1. The fourth-order valence-electron chi connectivity index (χ4n) is 3.71. The van der Waals surface area contributed by atoms with Gasteiger partial charge in [0.25, 0.3) is 5.91 Å². The summed E-state index contributed by atoms with van der Waals surface area (Å²) in [6, 6.07) is 22.8. The van der Waals surface area contributed by atoms with E-state index in [4.69, 9.17) is 27.3 Å². The Hall–Kier alpha value is -3.90. The van der Waals surface area contributed by atoms with E-state index < -0.39 is 0 Å². The smallest absolute Gasteiger partial charge is 0.257 e. The average Bonchev–Trinajstić information content (AvgIpc) is 3.08. The first-order valence-corrected chi connectivity index (χ1v) is 10.6. The van der Waals surface area contributed by atoms with E-state index in [-0.39, 0.29) is 11.7 Å². The molecule has 0 bridgehead atoms. The highest BCUT2D eigenvalue weighted by Crippen LogP contribution is 2.31. The molecule has 1 amide bonds. The predicted molar refractivity (Wildman–Crippen MR) is 128 cm³/mol. The first kappa shape index (κ1) is 20.0. The van der Waals surface area contributed by atoms with Gasteiger partial charge in [-0.3, -0.25) is 9.36 Å². The third-order valence-corrected chi connectivity index (χ3v) is 5.64. The molecule has 2 aromatic heterocycles. The third-order valence-electron chi connectivity index (χ3n) is 5.38. The van der Waals surface area contributed by atoms with Crippen LogP contribution in [0.4, 0.5) is 5.82 Å². The topological polar surface area (TPSA) is 85.8 Å². The van der Waals surface area contributed by atoms with Crippen LogP contribution in [-0.2, 0) is 6.54 Å². The summed E-state index contributed by atoms with van der Waals surface area (Å²) in [7, 11) is 0. The van der Waals surface area contributed by atoms with Gasteiger partial charge in [0.2, 0.25) is 0 Å². The van der Waals surface area contributed by atoms with Gasteiger partial charge in [0.15, 0.2) is 5.65 Å². The lowest BCUT2D eigenvalue weighted by atomic mass is 10.1. The second-order valence-corrected chi connectivity index (χ2v) is 8.06. The molecule has 32 heavy (non-hydrogen) atoms. The maximum atomic E-state index is 13.3. The van der Waals surface area contributed by atoms with Crippen molar-refractivity contribution >= 4 is 45.5 Å². The molecule has 7 heteroatoms. The van der Waals surface area contributed by atoms with Gasteiger partial charge in [-0.2, -0.15) is 0 Å². The van der Waals surface area contributed by atoms with E-state index >= 15 is 0 Å².